The molecule has 2 amide bonds. The first kappa shape index (κ1) is 43.6. The first-order chi connectivity index (χ1) is 26.6. The second-order valence-electron chi connectivity index (χ2n) is 12.2. The van der Waals surface area contributed by atoms with E-state index in [9.17, 15) is 24.0 Å². The van der Waals surface area contributed by atoms with Crippen LogP contribution in [0.15, 0.2) is 83.0 Å². The van der Waals surface area contributed by atoms with Crippen LogP contribution in [-0.2, 0) is 28.7 Å². The van der Waals surface area contributed by atoms with Crippen LogP contribution in [0.4, 0.5) is 5.69 Å². The number of hydrogen-bond donors (Lipinski definition) is 2. The van der Waals surface area contributed by atoms with Gasteiger partial charge in [-0.3, -0.25) is 14.6 Å². The Morgan fingerprint density at radius 3 is 2.16 bits per heavy atom. The number of anilines is 1. The van der Waals surface area contributed by atoms with Crippen molar-refractivity contribution in [2.45, 2.75) is 52.6 Å². The minimum absolute atomic E-state index is 0.137. The van der Waals surface area contributed by atoms with Gasteiger partial charge in [0, 0.05) is 32.8 Å². The molecular formula is C40H36Cl4N2O10. The lowest BCUT2D eigenvalue weighted by molar-refractivity contribution is -0.144. The van der Waals surface area contributed by atoms with Crippen molar-refractivity contribution in [3.63, 3.8) is 0 Å². The van der Waals surface area contributed by atoms with Crippen molar-refractivity contribution < 1.29 is 48.4 Å². The number of carbonyl (C=O) groups excluding carboxylic acids is 3. The first-order valence-corrected chi connectivity index (χ1v) is 18.6. The number of carboxylic acids is 2. The zero-order valence-electron chi connectivity index (χ0n) is 30.3. The summed E-state index contributed by atoms with van der Waals surface area (Å²) in [5.41, 5.74) is 3.43. The molecule has 0 fully saturated rings. The fourth-order valence-electron chi connectivity index (χ4n) is 5.50. The van der Waals surface area contributed by atoms with Crippen molar-refractivity contribution in [2.24, 2.45) is 0 Å². The van der Waals surface area contributed by atoms with Crippen LogP contribution >= 0.6 is 46.4 Å². The third-order valence-corrected chi connectivity index (χ3v) is 9.37. The number of hydrogen-bond acceptors (Lipinski definition) is 9. The van der Waals surface area contributed by atoms with Gasteiger partial charge in [-0.05, 0) is 124 Å². The van der Waals surface area contributed by atoms with Crippen LogP contribution < -0.4 is 14.4 Å². The summed E-state index contributed by atoms with van der Waals surface area (Å²) in [6.45, 7) is 4.78. The Kier molecular flexibility index (Phi) is 15.7. The molecule has 0 spiro atoms. The lowest BCUT2D eigenvalue weighted by Crippen LogP contribution is -2.31. The lowest BCUT2D eigenvalue weighted by atomic mass is 9.93. The van der Waals surface area contributed by atoms with Crippen molar-refractivity contribution in [1.29, 1.82) is 0 Å². The number of amides is 2. The second-order valence-corrected chi connectivity index (χ2v) is 13.8. The number of pyridine rings is 1. The third kappa shape index (κ3) is 11.2. The molecule has 0 saturated heterocycles. The lowest BCUT2D eigenvalue weighted by Gasteiger charge is -2.16. The smallest absolute Gasteiger partial charge is 0.349 e. The Morgan fingerprint density at radius 2 is 1.55 bits per heavy atom. The van der Waals surface area contributed by atoms with Crippen molar-refractivity contribution >= 4 is 98.8 Å². The molecule has 4 aromatic rings. The van der Waals surface area contributed by atoms with Gasteiger partial charge in [0.25, 0.3) is 11.8 Å². The van der Waals surface area contributed by atoms with E-state index in [1.165, 1.54) is 17.9 Å². The Morgan fingerprint density at radius 1 is 0.911 bits per heavy atom. The molecular weight excluding hydrogens is 810 g/mol. The van der Waals surface area contributed by atoms with Gasteiger partial charge in [-0.25, -0.2) is 19.3 Å². The molecule has 2 aliphatic rings. The number of aliphatic carboxylic acids is 2. The Bertz CT molecular complexity index is 2190. The fraction of sp³-hybridized carbons (Fsp3) is 0.250. The summed E-state index contributed by atoms with van der Waals surface area (Å²) in [5.74, 6) is -2.27. The number of carboxylic acid groups (broad SMARTS) is 2. The number of imide groups is 1. The highest BCUT2D eigenvalue weighted by Gasteiger charge is 2.39. The summed E-state index contributed by atoms with van der Waals surface area (Å²) < 4.78 is 15.2. The van der Waals surface area contributed by atoms with Crippen LogP contribution in [0.5, 0.6) is 11.5 Å². The standard InChI is InChI=1S/C19H17Cl2NO4.C11H8ClNO3.C10H11ClO3/c1-2-26-19(25)16(21)10-11-9-12(7-8-15(11)20)22-17(23)13-5-3-4-6-14(13)18(22)24;12-8-3-4-9(16-6-10(14)15)11-7(8)2-1-5-13-11;1-6-5-8(11)3-4-9(6)14-7(2)10(12)13/h7-10H,2-6H2,1H3;1-5H,6H2,(H,14,15);3-5,7H,1-2H3,(H,12,13)/b16-10-;;. The molecule has 0 saturated carbocycles. The van der Waals surface area contributed by atoms with Crippen LogP contribution in [-0.4, -0.2) is 64.2 Å². The summed E-state index contributed by atoms with van der Waals surface area (Å²) in [6.07, 6.45) is 5.20. The van der Waals surface area contributed by atoms with Gasteiger partial charge in [0.15, 0.2) is 12.7 Å². The zero-order valence-corrected chi connectivity index (χ0v) is 33.3. The normalized spacial score (nSPS) is 14.2. The summed E-state index contributed by atoms with van der Waals surface area (Å²) in [7, 11) is 0. The molecule has 1 unspecified atom stereocenters. The van der Waals surface area contributed by atoms with Gasteiger partial charge >= 0.3 is 17.9 Å². The predicted molar refractivity (Wildman–Crippen MR) is 214 cm³/mol. The van der Waals surface area contributed by atoms with Gasteiger partial charge < -0.3 is 24.4 Å². The van der Waals surface area contributed by atoms with E-state index in [4.69, 9.17) is 70.8 Å². The molecule has 2 N–H and O–H groups in total. The van der Waals surface area contributed by atoms with Gasteiger partial charge in [0.1, 0.15) is 22.0 Å². The Hall–Kier alpha value is -5.14. The third-order valence-electron chi connectivity index (χ3n) is 8.20. The van der Waals surface area contributed by atoms with E-state index in [-0.39, 0.29) is 23.5 Å². The quantitative estimate of drug-likeness (QED) is 0.0887. The summed E-state index contributed by atoms with van der Waals surface area (Å²) in [5, 5.41) is 19.3. The van der Waals surface area contributed by atoms with Crippen molar-refractivity contribution in [3.05, 3.63) is 109 Å². The van der Waals surface area contributed by atoms with Crippen molar-refractivity contribution in [3.8, 4) is 11.5 Å². The number of aromatic nitrogens is 1. The van der Waals surface area contributed by atoms with E-state index in [0.717, 1.165) is 23.8 Å². The van der Waals surface area contributed by atoms with Gasteiger partial charge in [0.2, 0.25) is 0 Å². The highest BCUT2D eigenvalue weighted by molar-refractivity contribution is 6.44. The maximum absolute atomic E-state index is 12.7. The SMILES string of the molecule is CCOC(=O)/C(Cl)=C/c1cc(N2C(=O)C3=C(CCCC3)C2=O)ccc1Cl.Cc1cc(Cl)ccc1OC(C)C(=O)O.O=C(O)COc1ccc(Cl)c2cccnc12. The number of aryl methyl sites for hydroxylation is 1. The fourth-order valence-corrected chi connectivity index (χ4v) is 6.29. The van der Waals surface area contributed by atoms with Gasteiger partial charge in [-0.2, -0.15) is 0 Å². The molecule has 1 atom stereocenters. The topological polar surface area (TPSA) is 170 Å². The molecule has 16 heteroatoms. The maximum atomic E-state index is 12.7. The van der Waals surface area contributed by atoms with E-state index >= 15 is 0 Å². The highest BCUT2D eigenvalue weighted by Crippen LogP contribution is 2.37. The first-order valence-electron chi connectivity index (χ1n) is 17.1. The average Bonchev–Trinajstić information content (AvgIpc) is 3.42. The summed E-state index contributed by atoms with van der Waals surface area (Å²) in [4.78, 5) is 63.2. The van der Waals surface area contributed by atoms with Gasteiger partial charge in [0.05, 0.1) is 17.3 Å². The Balaban J connectivity index is 0.000000200. The average molecular weight is 847 g/mol. The van der Waals surface area contributed by atoms with E-state index in [2.05, 4.69) is 4.98 Å². The van der Waals surface area contributed by atoms with Crippen LogP contribution in [0.2, 0.25) is 15.1 Å². The molecule has 1 aromatic heterocycles. The highest BCUT2D eigenvalue weighted by atomic mass is 35.5. The number of halogens is 4. The molecule has 6 rings (SSSR count). The minimum Gasteiger partial charge on any atom is -0.480 e. The van der Waals surface area contributed by atoms with Gasteiger partial charge in [-0.15, -0.1) is 0 Å². The summed E-state index contributed by atoms with van der Waals surface area (Å²) >= 11 is 23.9. The minimum atomic E-state index is -1.03. The Labute approximate surface area is 342 Å². The molecule has 0 radical (unpaired) electrons. The van der Waals surface area contributed by atoms with E-state index in [1.807, 2.05) is 6.92 Å². The number of rotatable bonds is 10. The van der Waals surface area contributed by atoms with Crippen LogP contribution in [0, 0.1) is 6.92 Å². The molecule has 294 valence electrons. The number of carbonyl (C=O) groups is 5. The van der Waals surface area contributed by atoms with Gasteiger partial charge in [-0.1, -0.05) is 46.4 Å². The maximum Gasteiger partial charge on any atom is 0.349 e. The number of nitrogens with zero attached hydrogens (tertiary/aromatic N) is 2. The predicted octanol–water partition coefficient (Wildman–Crippen LogP) is 9.08. The molecule has 0 bridgehead atoms. The number of benzene rings is 3. The number of ether oxygens (including phenoxy) is 3. The zero-order chi connectivity index (χ0) is 41.1. The van der Waals surface area contributed by atoms with Crippen molar-refractivity contribution in [1.82, 2.24) is 4.98 Å². The van der Waals surface area contributed by atoms with E-state index < -0.39 is 30.6 Å². The van der Waals surface area contributed by atoms with Crippen LogP contribution in [0.3, 0.4) is 0 Å². The van der Waals surface area contributed by atoms with Crippen LogP contribution in [0.1, 0.15) is 50.7 Å². The molecule has 1 aliphatic heterocycles. The molecule has 56 heavy (non-hydrogen) atoms. The van der Waals surface area contributed by atoms with Crippen molar-refractivity contribution in [2.75, 3.05) is 18.1 Å². The molecule has 12 nitrogen and oxygen atoms in total. The molecule has 3 aromatic carbocycles. The number of esters is 1. The number of fused-ring (bicyclic) bond motifs is 1. The monoisotopic (exact) mass is 844 g/mol. The molecule has 2 heterocycles. The van der Waals surface area contributed by atoms with E-state index in [0.29, 0.717) is 67.3 Å². The largest absolute Gasteiger partial charge is 0.480 e. The van der Waals surface area contributed by atoms with E-state index in [1.54, 1.807) is 73.8 Å². The molecule has 1 aliphatic carbocycles. The van der Waals surface area contributed by atoms with Crippen LogP contribution in [0.25, 0.3) is 17.0 Å². The summed E-state index contributed by atoms with van der Waals surface area (Å²) in [6, 6.07) is 16.6. The second kappa shape index (κ2) is 20.1.